The topological polar surface area (TPSA) is 69.5 Å². The van der Waals surface area contributed by atoms with Gasteiger partial charge in [0.15, 0.2) is 5.58 Å². The largest absolute Gasteiger partial charge is 0.454 e. The first-order valence-electron chi connectivity index (χ1n) is 26.3. The van der Waals surface area contributed by atoms with Crippen LogP contribution in [0.4, 0.5) is 0 Å². The summed E-state index contributed by atoms with van der Waals surface area (Å²) in [5, 5.41) is 22.8. The first-order chi connectivity index (χ1) is 37.8. The maximum absolute atomic E-state index is 12.9. The minimum absolute atomic E-state index is 0.526. The molecule has 16 aromatic rings. The van der Waals surface area contributed by atoms with E-state index >= 15 is 0 Å². The minimum atomic E-state index is 0.526. The summed E-state index contributed by atoms with van der Waals surface area (Å²) in [6.45, 7) is 8.65. The summed E-state index contributed by atoms with van der Waals surface area (Å²) in [4.78, 5) is 4.84. The lowest BCUT2D eigenvalue weighted by Crippen LogP contribution is -2.16. The second-order valence-electron chi connectivity index (χ2n) is 20.9. The predicted octanol–water partition coefficient (Wildman–Crippen LogP) is 18.1. The second-order valence-corrected chi connectivity index (χ2v) is 20.9. The summed E-state index contributed by atoms with van der Waals surface area (Å²) in [6, 6.07) is 75.5. The van der Waals surface area contributed by atoms with E-state index in [9.17, 15) is 5.26 Å². The lowest BCUT2D eigenvalue weighted by molar-refractivity contribution is 0.668. The van der Waals surface area contributed by atoms with Gasteiger partial charge in [0, 0.05) is 60.2 Å². The summed E-state index contributed by atoms with van der Waals surface area (Å²) in [5.41, 5.74) is 20.5. The van der Waals surface area contributed by atoms with E-state index in [0.29, 0.717) is 5.56 Å². The molecule has 0 aliphatic carbocycles. The molecule has 0 aliphatic heterocycles. The fourth-order valence-electron chi connectivity index (χ4n) is 13.0. The molecule has 0 unspecified atom stereocenters. The number of fused-ring (bicyclic) bond motifs is 15. The third kappa shape index (κ3) is 5.98. The quantitative estimate of drug-likeness (QED) is 0.172. The van der Waals surface area contributed by atoms with Crippen LogP contribution in [0.5, 0.6) is 0 Å². The van der Waals surface area contributed by atoms with Gasteiger partial charge in [-0.2, -0.15) is 5.26 Å². The highest BCUT2D eigenvalue weighted by Gasteiger charge is 2.35. The normalized spacial score (nSPS) is 12.1. The van der Waals surface area contributed by atoms with Crippen molar-refractivity contribution in [3.63, 3.8) is 0 Å². The zero-order valence-corrected chi connectivity index (χ0v) is 42.7. The zero-order valence-electron chi connectivity index (χ0n) is 42.7. The van der Waals surface area contributed by atoms with Crippen molar-refractivity contribution in [1.82, 2.24) is 23.3 Å². The van der Waals surface area contributed by atoms with Crippen LogP contribution in [0.15, 0.2) is 211 Å². The van der Waals surface area contributed by atoms with Gasteiger partial charge in [0.05, 0.1) is 66.9 Å². The van der Waals surface area contributed by atoms with E-state index in [-0.39, 0.29) is 0 Å². The van der Waals surface area contributed by atoms with Crippen molar-refractivity contribution in [3.8, 4) is 39.9 Å². The molecule has 362 valence electrons. The maximum atomic E-state index is 12.9. The summed E-state index contributed by atoms with van der Waals surface area (Å²) in [7, 11) is 0. The number of nitriles is 1. The molecule has 0 amide bonds. The molecular formula is C70H46N6O. The number of furan rings is 1. The van der Waals surface area contributed by atoms with Crippen molar-refractivity contribution in [2.24, 2.45) is 0 Å². The number of para-hydroxylation sites is 4. The number of aryl methyl sites for hydroxylation is 4. The van der Waals surface area contributed by atoms with Crippen molar-refractivity contribution < 1.29 is 4.42 Å². The van der Waals surface area contributed by atoms with E-state index in [2.05, 4.69) is 240 Å². The lowest BCUT2D eigenvalue weighted by atomic mass is 9.93. The molecule has 0 spiro atoms. The molecule has 0 aliphatic rings. The fourth-order valence-corrected chi connectivity index (χ4v) is 13.0. The molecule has 7 nitrogen and oxygen atoms in total. The molecule has 0 radical (unpaired) electrons. The van der Waals surface area contributed by atoms with Gasteiger partial charge in [-0.25, -0.2) is 0 Å². The molecule has 10 aromatic carbocycles. The average Bonchev–Trinajstić information content (AvgIpc) is 4.46. The fraction of sp³-hybridized carbons (Fsp3) is 0.0571. The van der Waals surface area contributed by atoms with Crippen LogP contribution in [0.25, 0.3) is 143 Å². The van der Waals surface area contributed by atoms with Crippen molar-refractivity contribution in [2.75, 3.05) is 0 Å². The lowest BCUT2D eigenvalue weighted by Gasteiger charge is -2.29. The minimum Gasteiger partial charge on any atom is -0.454 e. The Morgan fingerprint density at radius 2 is 0.714 bits per heavy atom. The summed E-state index contributed by atoms with van der Waals surface area (Å²) in [6.07, 6.45) is 1.83. The SMILES string of the molecule is Cc1ccc2c3ccccc3n(-c3c(C#N)c(-n4c5ccccc5c5ccc(C)cc54)c(-n4c5ccccc5c5ccc(C)cc54)c(-c4ccc5c(c4)oc4cccnc45)c3-n3c4ccccc4c4ccc(C)cc43)c2c1. The smallest absolute Gasteiger partial charge is 0.153 e. The van der Waals surface area contributed by atoms with Crippen LogP contribution >= 0.6 is 0 Å². The average molecular weight is 987 g/mol. The van der Waals surface area contributed by atoms with Crippen LogP contribution in [0.2, 0.25) is 0 Å². The molecule has 0 N–H and O–H groups in total. The number of benzene rings is 10. The highest BCUT2D eigenvalue weighted by Crippen LogP contribution is 2.52. The van der Waals surface area contributed by atoms with Crippen LogP contribution in [-0.4, -0.2) is 23.3 Å². The summed E-state index contributed by atoms with van der Waals surface area (Å²) < 4.78 is 16.6. The van der Waals surface area contributed by atoms with Crippen molar-refractivity contribution in [3.05, 3.63) is 234 Å². The van der Waals surface area contributed by atoms with E-state index in [1.807, 2.05) is 18.3 Å². The van der Waals surface area contributed by atoms with E-state index < -0.39 is 0 Å². The Morgan fingerprint density at radius 1 is 0.351 bits per heavy atom. The van der Waals surface area contributed by atoms with Crippen LogP contribution < -0.4 is 0 Å². The molecule has 6 heterocycles. The second kappa shape index (κ2) is 15.9. The third-order valence-electron chi connectivity index (χ3n) is 16.2. The van der Waals surface area contributed by atoms with E-state index in [1.165, 1.54) is 0 Å². The van der Waals surface area contributed by atoms with Gasteiger partial charge in [0.1, 0.15) is 22.7 Å². The van der Waals surface area contributed by atoms with E-state index in [0.717, 1.165) is 165 Å². The van der Waals surface area contributed by atoms with E-state index in [4.69, 9.17) is 9.40 Å². The van der Waals surface area contributed by atoms with Crippen molar-refractivity contribution in [2.45, 2.75) is 27.7 Å². The maximum Gasteiger partial charge on any atom is 0.153 e. The van der Waals surface area contributed by atoms with Gasteiger partial charge in [-0.15, -0.1) is 0 Å². The Bertz CT molecular complexity index is 5030. The van der Waals surface area contributed by atoms with Gasteiger partial charge < -0.3 is 22.7 Å². The molecule has 7 heteroatoms. The predicted molar refractivity (Wildman–Crippen MR) is 318 cm³/mol. The molecule has 0 saturated heterocycles. The Balaban J connectivity index is 1.28. The highest BCUT2D eigenvalue weighted by molar-refractivity contribution is 6.18. The Hall–Kier alpha value is -10.2. The van der Waals surface area contributed by atoms with Crippen molar-refractivity contribution >= 4 is 109 Å². The molecule has 0 saturated carbocycles. The number of hydrogen-bond donors (Lipinski definition) is 0. The highest BCUT2D eigenvalue weighted by atomic mass is 16.3. The molecule has 77 heavy (non-hydrogen) atoms. The van der Waals surface area contributed by atoms with Crippen LogP contribution in [0.3, 0.4) is 0 Å². The number of rotatable bonds is 5. The Kier molecular flexibility index (Phi) is 8.95. The monoisotopic (exact) mass is 986 g/mol. The van der Waals surface area contributed by atoms with Gasteiger partial charge in [-0.3, -0.25) is 4.98 Å². The van der Waals surface area contributed by atoms with E-state index in [1.54, 1.807) is 0 Å². The summed E-state index contributed by atoms with van der Waals surface area (Å²) in [5.74, 6) is 0. The van der Waals surface area contributed by atoms with Crippen LogP contribution in [0.1, 0.15) is 27.8 Å². The van der Waals surface area contributed by atoms with Crippen LogP contribution in [-0.2, 0) is 0 Å². The van der Waals surface area contributed by atoms with Gasteiger partial charge >= 0.3 is 0 Å². The first-order valence-corrected chi connectivity index (χ1v) is 26.3. The number of pyridine rings is 1. The molecule has 0 atom stereocenters. The third-order valence-corrected chi connectivity index (χ3v) is 16.2. The van der Waals surface area contributed by atoms with Gasteiger partial charge in [-0.1, -0.05) is 127 Å². The van der Waals surface area contributed by atoms with Crippen LogP contribution in [0, 0.1) is 39.0 Å². The number of nitrogens with zero attached hydrogens (tertiary/aromatic N) is 6. The van der Waals surface area contributed by atoms with Crippen molar-refractivity contribution in [1.29, 1.82) is 5.26 Å². The van der Waals surface area contributed by atoms with Gasteiger partial charge in [-0.05, 0) is 128 Å². The Labute approximate surface area is 441 Å². The standard InChI is InChI=1S/C70H46N6O/c1-40-23-28-49-45-14-5-9-18-55(45)73(59(49)34-40)67-54(39-71)68(74-56-19-10-6-15-46(56)50-29-24-41(2)35-60(50)74)70(76-58-21-12-8-17-48(58)52-31-26-43(4)37-62(52)76)65(44-27-32-53-64(38-44)77-63-22-13-33-72-66(53)63)69(67)75-57-20-11-7-16-47(57)51-30-25-42(3)36-61(51)75/h5-38H,1-4H3. The molecule has 6 aromatic heterocycles. The number of aromatic nitrogens is 5. The van der Waals surface area contributed by atoms with Gasteiger partial charge in [0.2, 0.25) is 0 Å². The zero-order chi connectivity index (χ0) is 51.4. The Morgan fingerprint density at radius 3 is 1.12 bits per heavy atom. The number of hydrogen-bond acceptors (Lipinski definition) is 3. The molecular weight excluding hydrogens is 941 g/mol. The first kappa shape index (κ1) is 43.3. The summed E-state index contributed by atoms with van der Waals surface area (Å²) >= 11 is 0. The molecule has 0 bridgehead atoms. The molecule has 0 fully saturated rings. The molecule has 16 rings (SSSR count). The van der Waals surface area contributed by atoms with Gasteiger partial charge in [0.25, 0.3) is 0 Å².